The molecule has 2 aliphatic heterocycles. The van der Waals surface area contributed by atoms with E-state index in [1.165, 1.54) is 0 Å². The van der Waals surface area contributed by atoms with Crippen molar-refractivity contribution in [1.82, 2.24) is 0 Å². The van der Waals surface area contributed by atoms with Gasteiger partial charge in [0.1, 0.15) is 46.7 Å². The number of hydrogen-bond acceptors (Lipinski definition) is 8. The highest BCUT2D eigenvalue weighted by Gasteiger charge is 2.34. The van der Waals surface area contributed by atoms with Gasteiger partial charge >= 0.3 is 0 Å². The fraction of sp³-hybridized carbons (Fsp3) is 0.235. The molecule has 8 heteroatoms. The van der Waals surface area contributed by atoms with Gasteiger partial charge in [0.05, 0.1) is 58.0 Å². The summed E-state index contributed by atoms with van der Waals surface area (Å²) in [6, 6.07) is 21.8. The number of fused-ring (bicyclic) bond motifs is 2. The van der Waals surface area contributed by atoms with Gasteiger partial charge in [-0.15, -0.1) is 0 Å². The Morgan fingerprint density at radius 2 is 1.17 bits per heavy atom. The number of methoxy groups -OCH3 is 4. The summed E-state index contributed by atoms with van der Waals surface area (Å²) in [6.45, 7) is 0. The van der Waals surface area contributed by atoms with E-state index in [0.717, 1.165) is 16.9 Å². The zero-order valence-corrected chi connectivity index (χ0v) is 23.8. The van der Waals surface area contributed by atoms with Gasteiger partial charge in [0.2, 0.25) is 0 Å². The second kappa shape index (κ2) is 11.1. The quantitative estimate of drug-likeness (QED) is 0.241. The van der Waals surface area contributed by atoms with E-state index >= 15 is 0 Å². The van der Waals surface area contributed by atoms with Gasteiger partial charge in [-0.1, -0.05) is 18.2 Å². The van der Waals surface area contributed by atoms with Gasteiger partial charge in [-0.3, -0.25) is 9.59 Å². The Labute approximate surface area is 243 Å². The van der Waals surface area contributed by atoms with E-state index in [-0.39, 0.29) is 24.4 Å². The van der Waals surface area contributed by atoms with Crippen LogP contribution < -0.4 is 28.4 Å². The van der Waals surface area contributed by atoms with Crippen molar-refractivity contribution in [1.29, 1.82) is 0 Å². The zero-order chi connectivity index (χ0) is 29.4. The van der Waals surface area contributed by atoms with E-state index in [9.17, 15) is 9.59 Å². The number of benzene rings is 4. The van der Waals surface area contributed by atoms with Gasteiger partial charge in [-0.25, -0.2) is 0 Å². The summed E-state index contributed by atoms with van der Waals surface area (Å²) in [5.41, 5.74) is 3.85. The first-order chi connectivity index (χ1) is 20.4. The number of ether oxygens (including phenoxy) is 6. The smallest absolute Gasteiger partial charge is 0.170 e. The molecule has 0 aliphatic carbocycles. The molecule has 2 atom stereocenters. The predicted molar refractivity (Wildman–Crippen MR) is 156 cm³/mol. The molecular formula is C34H30O8. The molecule has 0 radical (unpaired) electrons. The highest BCUT2D eigenvalue weighted by Crippen LogP contribution is 2.50. The van der Waals surface area contributed by atoms with Crippen molar-refractivity contribution in [2.75, 3.05) is 28.4 Å². The molecule has 8 nitrogen and oxygen atoms in total. The van der Waals surface area contributed by atoms with E-state index in [1.807, 2.05) is 42.5 Å². The van der Waals surface area contributed by atoms with Crippen molar-refractivity contribution in [2.45, 2.75) is 25.0 Å². The van der Waals surface area contributed by atoms with E-state index in [4.69, 9.17) is 28.4 Å². The van der Waals surface area contributed by atoms with Gasteiger partial charge in [-0.05, 0) is 59.7 Å². The Balaban J connectivity index is 1.44. The molecule has 2 aliphatic rings. The van der Waals surface area contributed by atoms with Crippen LogP contribution >= 0.6 is 0 Å². The summed E-state index contributed by atoms with van der Waals surface area (Å²) in [5, 5.41) is 0. The maximum Gasteiger partial charge on any atom is 0.170 e. The molecule has 2 heterocycles. The van der Waals surface area contributed by atoms with Gasteiger partial charge in [0.15, 0.2) is 11.6 Å². The van der Waals surface area contributed by atoms with Crippen LogP contribution in [0.5, 0.6) is 34.5 Å². The summed E-state index contributed by atoms with van der Waals surface area (Å²) in [6.07, 6.45) is -0.670. The second-order valence-corrected chi connectivity index (χ2v) is 10.1. The second-order valence-electron chi connectivity index (χ2n) is 10.1. The molecule has 0 N–H and O–H groups in total. The lowest BCUT2D eigenvalue weighted by Crippen LogP contribution is -2.21. The maximum absolute atomic E-state index is 13.4. The normalized spacial score (nSPS) is 17.3. The predicted octanol–water partition coefficient (Wildman–Crippen LogP) is 6.80. The fourth-order valence-corrected chi connectivity index (χ4v) is 5.54. The lowest BCUT2D eigenvalue weighted by molar-refractivity contribution is 0.0839. The molecule has 0 saturated heterocycles. The van der Waals surface area contributed by atoms with Crippen LogP contribution in [0, 0.1) is 0 Å². The Bertz CT molecular complexity index is 1670. The Morgan fingerprint density at radius 1 is 0.571 bits per heavy atom. The van der Waals surface area contributed by atoms with Crippen molar-refractivity contribution in [3.05, 3.63) is 95.1 Å². The molecular weight excluding hydrogens is 536 g/mol. The van der Waals surface area contributed by atoms with Crippen molar-refractivity contribution < 1.29 is 38.0 Å². The van der Waals surface area contributed by atoms with Gasteiger partial charge in [0, 0.05) is 11.6 Å². The van der Waals surface area contributed by atoms with Crippen molar-refractivity contribution in [3.8, 4) is 45.6 Å². The number of ketones is 2. The lowest BCUT2D eigenvalue weighted by Gasteiger charge is -2.29. The SMILES string of the molecule is COc1ccc(C2CC(=O)c3ccc(OC)c(-c4cc(C5CC(=O)c6ccc(OC)cc6O5)ccc4OC)c3O2)cc1. The minimum atomic E-state index is -0.540. The molecule has 6 rings (SSSR count). The number of Topliss-reactive ketones (excluding diaryl/α,β-unsaturated/α-hetero) is 2. The summed E-state index contributed by atoms with van der Waals surface area (Å²) >= 11 is 0. The average molecular weight is 567 g/mol. The standard InChI is InChI=1S/C34H30O8/c1-37-21-8-5-19(6-9-21)30-18-27(36)24-12-14-29(40-4)33(34(24)42-30)25-15-20(7-13-28(25)39-3)31-17-26(35)23-11-10-22(38-2)16-32(23)41-31/h5-16,30-31H,17-18H2,1-4H3. The summed E-state index contributed by atoms with van der Waals surface area (Å²) < 4.78 is 35.1. The molecule has 2 unspecified atom stereocenters. The van der Waals surface area contributed by atoms with Crippen LogP contribution in [-0.4, -0.2) is 40.0 Å². The topological polar surface area (TPSA) is 89.5 Å². The number of hydrogen-bond donors (Lipinski definition) is 0. The molecule has 4 aromatic rings. The summed E-state index contributed by atoms with van der Waals surface area (Å²) in [5.74, 6) is 3.22. The van der Waals surface area contributed by atoms with Crippen molar-refractivity contribution >= 4 is 11.6 Å². The third-order valence-corrected chi connectivity index (χ3v) is 7.75. The van der Waals surface area contributed by atoms with Crippen LogP contribution in [0.15, 0.2) is 72.8 Å². The van der Waals surface area contributed by atoms with E-state index in [2.05, 4.69) is 0 Å². The highest BCUT2D eigenvalue weighted by atomic mass is 16.5. The van der Waals surface area contributed by atoms with Crippen molar-refractivity contribution in [2.24, 2.45) is 0 Å². The first kappa shape index (κ1) is 27.2. The highest BCUT2D eigenvalue weighted by molar-refractivity contribution is 6.04. The molecule has 214 valence electrons. The molecule has 0 fully saturated rings. The van der Waals surface area contributed by atoms with Crippen LogP contribution in [0.25, 0.3) is 11.1 Å². The monoisotopic (exact) mass is 566 g/mol. The largest absolute Gasteiger partial charge is 0.497 e. The molecule has 0 aromatic heterocycles. The van der Waals surface area contributed by atoms with Gasteiger partial charge < -0.3 is 28.4 Å². The maximum atomic E-state index is 13.4. The molecule has 0 spiro atoms. The molecule has 0 saturated carbocycles. The van der Waals surface area contributed by atoms with Crippen LogP contribution in [-0.2, 0) is 0 Å². The number of carbonyl (C=O) groups excluding carboxylic acids is 2. The minimum absolute atomic E-state index is 0.0211. The van der Waals surface area contributed by atoms with Crippen LogP contribution in [0.4, 0.5) is 0 Å². The first-order valence-electron chi connectivity index (χ1n) is 13.5. The Kier molecular flexibility index (Phi) is 7.20. The molecule has 0 amide bonds. The van der Waals surface area contributed by atoms with Crippen LogP contribution in [0.3, 0.4) is 0 Å². The molecule has 42 heavy (non-hydrogen) atoms. The average Bonchev–Trinajstić information content (AvgIpc) is 3.03. The van der Waals surface area contributed by atoms with Crippen LogP contribution in [0.1, 0.15) is 56.9 Å². The Hall–Kier alpha value is -4.98. The number of rotatable bonds is 7. The van der Waals surface area contributed by atoms with Gasteiger partial charge in [-0.2, -0.15) is 0 Å². The third-order valence-electron chi connectivity index (χ3n) is 7.75. The fourth-order valence-electron chi connectivity index (χ4n) is 5.54. The number of carbonyl (C=O) groups is 2. The lowest BCUT2D eigenvalue weighted by atomic mass is 9.89. The zero-order valence-electron chi connectivity index (χ0n) is 23.8. The Morgan fingerprint density at radius 3 is 1.86 bits per heavy atom. The third kappa shape index (κ3) is 4.79. The van der Waals surface area contributed by atoms with Crippen LogP contribution in [0.2, 0.25) is 0 Å². The van der Waals surface area contributed by atoms with E-state index in [0.29, 0.717) is 51.0 Å². The van der Waals surface area contributed by atoms with Crippen molar-refractivity contribution in [3.63, 3.8) is 0 Å². The summed E-state index contributed by atoms with van der Waals surface area (Å²) in [4.78, 5) is 26.5. The first-order valence-corrected chi connectivity index (χ1v) is 13.5. The van der Waals surface area contributed by atoms with Gasteiger partial charge in [0.25, 0.3) is 0 Å². The molecule has 4 aromatic carbocycles. The summed E-state index contributed by atoms with van der Waals surface area (Å²) in [7, 11) is 6.32. The minimum Gasteiger partial charge on any atom is -0.497 e. The van der Waals surface area contributed by atoms with E-state index < -0.39 is 12.2 Å². The molecule has 0 bridgehead atoms. The van der Waals surface area contributed by atoms with E-state index in [1.54, 1.807) is 58.8 Å².